The number of rotatable bonds is 7. The smallest absolute Gasteiger partial charge is 0.221 e. The van der Waals surface area contributed by atoms with Crippen LogP contribution in [0.15, 0.2) is 24.3 Å². The fraction of sp³-hybridized carbons (Fsp3) is 0.429. The van der Waals surface area contributed by atoms with Gasteiger partial charge in [0, 0.05) is 31.1 Å². The zero-order chi connectivity index (χ0) is 15.0. The van der Waals surface area contributed by atoms with E-state index in [1.54, 1.807) is 31.2 Å². The molecule has 1 aromatic rings. The Hall–Kier alpha value is -2.08. The molecule has 110 valence electrons. The molecule has 0 saturated heterocycles. The Balaban J connectivity index is 2.31. The zero-order valence-corrected chi connectivity index (χ0v) is 11.8. The van der Waals surface area contributed by atoms with E-state index in [2.05, 4.69) is 10.6 Å². The first-order chi connectivity index (χ1) is 9.47. The maximum Gasteiger partial charge on any atom is 0.221 e. The Bertz CT molecular complexity index is 461. The van der Waals surface area contributed by atoms with E-state index in [1.165, 1.54) is 6.92 Å². The summed E-state index contributed by atoms with van der Waals surface area (Å²) < 4.78 is 5.49. The Morgan fingerprint density at radius 2 is 2.15 bits per heavy atom. The molecule has 6 heteroatoms. The lowest BCUT2D eigenvalue weighted by Gasteiger charge is -2.10. The SMILES string of the molecule is CC(=O)Nc1cccc(OCCNC(=O)CC(C)N)c1. The lowest BCUT2D eigenvalue weighted by molar-refractivity contribution is -0.121. The first kappa shape index (κ1) is 16.0. The molecule has 0 bridgehead atoms. The minimum Gasteiger partial charge on any atom is -0.492 e. The van der Waals surface area contributed by atoms with E-state index in [4.69, 9.17) is 10.5 Å². The largest absolute Gasteiger partial charge is 0.492 e. The van der Waals surface area contributed by atoms with Crippen LogP contribution in [0.3, 0.4) is 0 Å². The molecule has 0 aliphatic heterocycles. The predicted molar refractivity (Wildman–Crippen MR) is 77.5 cm³/mol. The van der Waals surface area contributed by atoms with Gasteiger partial charge < -0.3 is 21.1 Å². The zero-order valence-electron chi connectivity index (χ0n) is 11.8. The Labute approximate surface area is 118 Å². The summed E-state index contributed by atoms with van der Waals surface area (Å²) in [6.07, 6.45) is 0.304. The van der Waals surface area contributed by atoms with Crippen molar-refractivity contribution in [3.05, 3.63) is 24.3 Å². The second-order valence-electron chi connectivity index (χ2n) is 4.59. The molecular formula is C14H21N3O3. The topological polar surface area (TPSA) is 93.5 Å². The van der Waals surface area contributed by atoms with Crippen LogP contribution in [0.25, 0.3) is 0 Å². The van der Waals surface area contributed by atoms with E-state index >= 15 is 0 Å². The number of ether oxygens (including phenoxy) is 1. The minimum absolute atomic E-state index is 0.0874. The average molecular weight is 279 g/mol. The van der Waals surface area contributed by atoms with Crippen LogP contribution < -0.4 is 21.1 Å². The van der Waals surface area contributed by atoms with Crippen molar-refractivity contribution in [2.75, 3.05) is 18.5 Å². The highest BCUT2D eigenvalue weighted by Gasteiger charge is 2.04. The van der Waals surface area contributed by atoms with Gasteiger partial charge in [0.15, 0.2) is 0 Å². The molecule has 1 atom stereocenters. The molecule has 20 heavy (non-hydrogen) atoms. The Kier molecular flexibility index (Phi) is 6.52. The fourth-order valence-electron chi connectivity index (χ4n) is 1.59. The molecule has 1 rings (SSSR count). The van der Waals surface area contributed by atoms with Crippen LogP contribution in [0.1, 0.15) is 20.3 Å². The highest BCUT2D eigenvalue weighted by Crippen LogP contribution is 2.16. The number of nitrogens with two attached hydrogens (primary N) is 1. The van der Waals surface area contributed by atoms with Crippen molar-refractivity contribution in [3.63, 3.8) is 0 Å². The van der Waals surface area contributed by atoms with Gasteiger partial charge in [-0.25, -0.2) is 0 Å². The standard InChI is InChI=1S/C14H21N3O3/c1-10(15)8-14(19)16-6-7-20-13-5-3-4-12(9-13)17-11(2)18/h3-5,9-10H,6-8,15H2,1-2H3,(H,16,19)(H,17,18). The molecule has 1 unspecified atom stereocenters. The number of carbonyl (C=O) groups excluding carboxylic acids is 2. The third-order valence-electron chi connectivity index (χ3n) is 2.35. The third kappa shape index (κ3) is 6.75. The van der Waals surface area contributed by atoms with Crippen molar-refractivity contribution in [2.45, 2.75) is 26.3 Å². The van der Waals surface area contributed by atoms with Crippen molar-refractivity contribution in [1.82, 2.24) is 5.32 Å². The van der Waals surface area contributed by atoms with Crippen molar-refractivity contribution in [1.29, 1.82) is 0 Å². The van der Waals surface area contributed by atoms with Crippen LogP contribution >= 0.6 is 0 Å². The highest BCUT2D eigenvalue weighted by atomic mass is 16.5. The van der Waals surface area contributed by atoms with E-state index in [0.29, 0.717) is 31.0 Å². The van der Waals surface area contributed by atoms with Crippen molar-refractivity contribution in [3.8, 4) is 5.75 Å². The van der Waals surface area contributed by atoms with Gasteiger partial charge in [0.25, 0.3) is 0 Å². The van der Waals surface area contributed by atoms with Crippen LogP contribution in [-0.4, -0.2) is 31.0 Å². The van der Waals surface area contributed by atoms with Crippen LogP contribution in [0, 0.1) is 0 Å². The molecule has 2 amide bonds. The van der Waals surface area contributed by atoms with Crippen molar-refractivity contribution in [2.24, 2.45) is 5.73 Å². The van der Waals surface area contributed by atoms with E-state index < -0.39 is 0 Å². The van der Waals surface area contributed by atoms with Gasteiger partial charge in [-0.2, -0.15) is 0 Å². The lowest BCUT2D eigenvalue weighted by Crippen LogP contribution is -2.32. The maximum absolute atomic E-state index is 11.3. The second-order valence-corrected chi connectivity index (χ2v) is 4.59. The molecule has 0 heterocycles. The molecule has 0 saturated carbocycles. The number of hydrogen-bond acceptors (Lipinski definition) is 4. The molecule has 0 aliphatic carbocycles. The number of nitrogens with one attached hydrogen (secondary N) is 2. The van der Waals surface area contributed by atoms with Gasteiger partial charge in [0.05, 0.1) is 6.54 Å². The van der Waals surface area contributed by atoms with Crippen LogP contribution in [0.5, 0.6) is 5.75 Å². The van der Waals surface area contributed by atoms with Gasteiger partial charge in [0.1, 0.15) is 12.4 Å². The predicted octanol–water partition coefficient (Wildman–Crippen LogP) is 0.877. The fourth-order valence-corrected chi connectivity index (χ4v) is 1.59. The van der Waals surface area contributed by atoms with Gasteiger partial charge >= 0.3 is 0 Å². The molecule has 0 aromatic heterocycles. The van der Waals surface area contributed by atoms with Crippen LogP contribution in [0.2, 0.25) is 0 Å². The minimum atomic E-state index is -0.148. The number of anilines is 1. The van der Waals surface area contributed by atoms with E-state index in [-0.39, 0.29) is 17.9 Å². The van der Waals surface area contributed by atoms with Gasteiger partial charge in [-0.3, -0.25) is 9.59 Å². The molecule has 1 aromatic carbocycles. The molecule has 0 radical (unpaired) electrons. The molecule has 0 spiro atoms. The monoisotopic (exact) mass is 279 g/mol. The Morgan fingerprint density at radius 3 is 2.80 bits per heavy atom. The quantitative estimate of drug-likeness (QED) is 0.646. The number of benzene rings is 1. The van der Waals surface area contributed by atoms with E-state index in [0.717, 1.165) is 0 Å². The summed E-state index contributed by atoms with van der Waals surface area (Å²) >= 11 is 0. The first-order valence-corrected chi connectivity index (χ1v) is 6.50. The summed E-state index contributed by atoms with van der Waals surface area (Å²) in [5.74, 6) is 0.415. The van der Waals surface area contributed by atoms with Crippen molar-refractivity contribution >= 4 is 17.5 Å². The highest BCUT2D eigenvalue weighted by molar-refractivity contribution is 5.88. The molecule has 0 fully saturated rings. The van der Waals surface area contributed by atoms with Gasteiger partial charge in [-0.1, -0.05) is 6.07 Å². The third-order valence-corrected chi connectivity index (χ3v) is 2.35. The average Bonchev–Trinajstić information content (AvgIpc) is 2.33. The molecule has 6 nitrogen and oxygen atoms in total. The Morgan fingerprint density at radius 1 is 1.40 bits per heavy atom. The van der Waals surface area contributed by atoms with Gasteiger partial charge in [-0.05, 0) is 19.1 Å². The van der Waals surface area contributed by atoms with E-state index in [9.17, 15) is 9.59 Å². The number of carbonyl (C=O) groups is 2. The number of amides is 2. The summed E-state index contributed by atoms with van der Waals surface area (Å²) in [5, 5.41) is 5.39. The van der Waals surface area contributed by atoms with Crippen LogP contribution in [0.4, 0.5) is 5.69 Å². The van der Waals surface area contributed by atoms with Gasteiger partial charge in [0.2, 0.25) is 11.8 Å². The van der Waals surface area contributed by atoms with Gasteiger partial charge in [-0.15, -0.1) is 0 Å². The lowest BCUT2D eigenvalue weighted by atomic mass is 10.2. The number of hydrogen-bond donors (Lipinski definition) is 3. The summed E-state index contributed by atoms with van der Waals surface area (Å²) in [6.45, 7) is 4.00. The van der Waals surface area contributed by atoms with Crippen molar-refractivity contribution < 1.29 is 14.3 Å². The van der Waals surface area contributed by atoms with Crippen LogP contribution in [-0.2, 0) is 9.59 Å². The normalized spacial score (nSPS) is 11.6. The summed E-state index contributed by atoms with van der Waals surface area (Å²) in [5.41, 5.74) is 6.20. The molecule has 0 aliphatic rings. The first-order valence-electron chi connectivity index (χ1n) is 6.50. The second kappa shape index (κ2) is 8.16. The molecule has 4 N–H and O–H groups in total. The molecular weight excluding hydrogens is 258 g/mol. The summed E-state index contributed by atoms with van der Waals surface area (Å²) in [4.78, 5) is 22.3. The maximum atomic E-state index is 11.3. The summed E-state index contributed by atoms with van der Waals surface area (Å²) in [6, 6.07) is 6.93. The van der Waals surface area contributed by atoms with E-state index in [1.807, 2.05) is 0 Å². The summed E-state index contributed by atoms with van der Waals surface area (Å²) in [7, 11) is 0.